The van der Waals surface area contributed by atoms with Crippen molar-refractivity contribution in [3.63, 3.8) is 0 Å². The van der Waals surface area contributed by atoms with Crippen molar-refractivity contribution in [3.05, 3.63) is 53.1 Å². The molecule has 1 fully saturated rings. The van der Waals surface area contributed by atoms with Crippen LogP contribution in [0, 0.1) is 12.8 Å². The molecule has 0 unspecified atom stereocenters. The van der Waals surface area contributed by atoms with Crippen molar-refractivity contribution in [2.75, 3.05) is 13.1 Å². The number of aryl methyl sites for hydroxylation is 2. The first kappa shape index (κ1) is 18.5. The van der Waals surface area contributed by atoms with Crippen molar-refractivity contribution >= 4 is 5.91 Å². The maximum atomic E-state index is 12.8. The second kappa shape index (κ2) is 7.51. The van der Waals surface area contributed by atoms with E-state index in [0.29, 0.717) is 36.7 Å². The molecule has 2 heterocycles. The van der Waals surface area contributed by atoms with Gasteiger partial charge in [-0.2, -0.15) is 13.2 Å². The van der Waals surface area contributed by atoms with Crippen molar-refractivity contribution in [2.24, 2.45) is 5.92 Å². The van der Waals surface area contributed by atoms with Gasteiger partial charge in [-0.25, -0.2) is 4.98 Å². The van der Waals surface area contributed by atoms with Crippen molar-refractivity contribution in [3.8, 4) is 0 Å². The van der Waals surface area contributed by atoms with Gasteiger partial charge in [-0.15, -0.1) is 0 Å². The summed E-state index contributed by atoms with van der Waals surface area (Å²) in [6.07, 6.45) is 0.441. The highest BCUT2D eigenvalue weighted by Crippen LogP contribution is 2.30. The molecule has 26 heavy (non-hydrogen) atoms. The fourth-order valence-electron chi connectivity index (χ4n) is 3.48. The number of benzene rings is 1. The number of imidazole rings is 1. The number of nitrogens with one attached hydrogen (secondary N) is 1. The largest absolute Gasteiger partial charge is 0.416 e. The molecule has 1 aliphatic heterocycles. The monoisotopic (exact) mass is 365 g/mol. The molecule has 140 valence electrons. The number of carbonyl (C=O) groups is 1. The summed E-state index contributed by atoms with van der Waals surface area (Å²) in [5, 5.41) is 0. The van der Waals surface area contributed by atoms with Gasteiger partial charge in [-0.05, 0) is 50.2 Å². The average Bonchev–Trinajstić information content (AvgIpc) is 3.05. The highest BCUT2D eigenvalue weighted by molar-refractivity contribution is 5.93. The Balaban J connectivity index is 1.59. The minimum Gasteiger partial charge on any atom is -0.348 e. The van der Waals surface area contributed by atoms with Crippen LogP contribution in [0.25, 0.3) is 0 Å². The van der Waals surface area contributed by atoms with Crippen LogP contribution in [-0.2, 0) is 12.6 Å². The predicted molar refractivity (Wildman–Crippen MR) is 91.7 cm³/mol. The molecule has 1 aromatic heterocycles. The molecule has 0 bridgehead atoms. The van der Waals surface area contributed by atoms with Crippen LogP contribution in [-0.4, -0.2) is 33.9 Å². The maximum absolute atomic E-state index is 12.8. The highest BCUT2D eigenvalue weighted by Gasteiger charge is 2.30. The Hall–Kier alpha value is -2.31. The summed E-state index contributed by atoms with van der Waals surface area (Å²) < 4.78 is 38.5. The number of H-pyrrole nitrogens is 1. The first-order valence-corrected chi connectivity index (χ1v) is 8.80. The van der Waals surface area contributed by atoms with Gasteiger partial charge in [0.05, 0.1) is 11.9 Å². The second-order valence-electron chi connectivity index (χ2n) is 6.87. The van der Waals surface area contributed by atoms with E-state index < -0.39 is 11.7 Å². The average molecular weight is 365 g/mol. The first-order valence-electron chi connectivity index (χ1n) is 8.80. The van der Waals surface area contributed by atoms with Gasteiger partial charge in [-0.3, -0.25) is 4.79 Å². The van der Waals surface area contributed by atoms with E-state index in [-0.39, 0.29) is 5.91 Å². The number of piperidine rings is 1. The van der Waals surface area contributed by atoms with E-state index in [9.17, 15) is 18.0 Å². The standard InChI is InChI=1S/C19H22F3N3O/c1-13-17(24-12-23-13)18(26)25-9-3-5-15(11-25)8-7-14-4-2-6-16(10-14)19(20,21)22/h2,4,6,10,12,15H,3,5,7-9,11H2,1H3,(H,23,24)/t15-/m1/s1. The van der Waals surface area contributed by atoms with E-state index in [0.717, 1.165) is 31.0 Å². The number of hydrogen-bond donors (Lipinski definition) is 1. The van der Waals surface area contributed by atoms with Gasteiger partial charge in [0.25, 0.3) is 5.91 Å². The van der Waals surface area contributed by atoms with E-state index in [4.69, 9.17) is 0 Å². The molecule has 0 saturated carbocycles. The van der Waals surface area contributed by atoms with E-state index >= 15 is 0 Å². The van der Waals surface area contributed by atoms with Crippen molar-refractivity contribution < 1.29 is 18.0 Å². The Bertz CT molecular complexity index is 769. The van der Waals surface area contributed by atoms with Crippen molar-refractivity contribution in [1.82, 2.24) is 14.9 Å². The normalized spacial score (nSPS) is 18.2. The van der Waals surface area contributed by atoms with Crippen LogP contribution in [0.4, 0.5) is 13.2 Å². The van der Waals surface area contributed by atoms with Gasteiger partial charge >= 0.3 is 6.18 Å². The number of aromatic amines is 1. The number of carbonyl (C=O) groups excluding carboxylic acids is 1. The van der Waals surface area contributed by atoms with E-state index in [2.05, 4.69) is 9.97 Å². The van der Waals surface area contributed by atoms with Gasteiger partial charge in [0.2, 0.25) is 0 Å². The van der Waals surface area contributed by atoms with Crippen LogP contribution in [0.1, 0.15) is 46.6 Å². The summed E-state index contributed by atoms with van der Waals surface area (Å²) in [5.41, 5.74) is 1.28. The molecule has 1 saturated heterocycles. The maximum Gasteiger partial charge on any atom is 0.416 e. The fraction of sp³-hybridized carbons (Fsp3) is 0.474. The van der Waals surface area contributed by atoms with Crippen LogP contribution >= 0.6 is 0 Å². The molecule has 3 rings (SSSR count). The van der Waals surface area contributed by atoms with E-state index in [1.54, 1.807) is 6.07 Å². The molecule has 1 amide bonds. The quantitative estimate of drug-likeness (QED) is 0.882. The lowest BCUT2D eigenvalue weighted by molar-refractivity contribution is -0.137. The molecule has 2 aromatic rings. The Morgan fingerprint density at radius 1 is 1.38 bits per heavy atom. The molecule has 7 heteroatoms. The summed E-state index contributed by atoms with van der Waals surface area (Å²) >= 11 is 0. The van der Waals surface area contributed by atoms with Crippen molar-refractivity contribution in [1.29, 1.82) is 0 Å². The zero-order chi connectivity index (χ0) is 18.7. The van der Waals surface area contributed by atoms with Gasteiger partial charge in [0, 0.05) is 18.8 Å². The third-order valence-corrected chi connectivity index (χ3v) is 4.93. The van der Waals surface area contributed by atoms with Crippen LogP contribution in [0.3, 0.4) is 0 Å². The predicted octanol–water partition coefficient (Wildman–Crippen LogP) is 4.22. The molecule has 1 atom stereocenters. The Morgan fingerprint density at radius 3 is 2.88 bits per heavy atom. The summed E-state index contributed by atoms with van der Waals surface area (Å²) in [4.78, 5) is 21.4. The minimum atomic E-state index is -4.31. The summed E-state index contributed by atoms with van der Waals surface area (Å²) in [6, 6.07) is 5.50. The number of nitrogens with zero attached hydrogens (tertiary/aromatic N) is 2. The Labute approximate surface area is 150 Å². The molecule has 0 radical (unpaired) electrons. The van der Waals surface area contributed by atoms with Gasteiger partial charge in [0.1, 0.15) is 5.69 Å². The summed E-state index contributed by atoms with van der Waals surface area (Å²) in [7, 11) is 0. The van der Waals surface area contributed by atoms with Gasteiger partial charge in [0.15, 0.2) is 0 Å². The van der Waals surface area contributed by atoms with Gasteiger partial charge < -0.3 is 9.88 Å². The molecule has 4 nitrogen and oxygen atoms in total. The summed E-state index contributed by atoms with van der Waals surface area (Å²) in [5.74, 6) is 0.217. The van der Waals surface area contributed by atoms with Crippen LogP contribution in [0.5, 0.6) is 0 Å². The number of aromatic nitrogens is 2. The highest BCUT2D eigenvalue weighted by atomic mass is 19.4. The lowest BCUT2D eigenvalue weighted by Gasteiger charge is -2.32. The number of halogens is 3. The van der Waals surface area contributed by atoms with Crippen molar-refractivity contribution in [2.45, 2.75) is 38.8 Å². The lowest BCUT2D eigenvalue weighted by atomic mass is 9.91. The fourth-order valence-corrected chi connectivity index (χ4v) is 3.48. The first-order chi connectivity index (χ1) is 12.3. The molecule has 1 aromatic carbocycles. The number of rotatable bonds is 4. The molecule has 0 aliphatic carbocycles. The number of amides is 1. The number of alkyl halides is 3. The molecule has 0 spiro atoms. The topological polar surface area (TPSA) is 49.0 Å². The number of hydrogen-bond acceptors (Lipinski definition) is 2. The Morgan fingerprint density at radius 2 is 2.19 bits per heavy atom. The SMILES string of the molecule is Cc1[nH]cnc1C(=O)N1CCC[C@H](CCc2cccc(C(F)(F)F)c2)C1. The van der Waals surface area contributed by atoms with Crippen LogP contribution in [0.15, 0.2) is 30.6 Å². The minimum absolute atomic E-state index is 0.0764. The smallest absolute Gasteiger partial charge is 0.348 e. The van der Waals surface area contributed by atoms with Gasteiger partial charge in [-0.1, -0.05) is 18.2 Å². The lowest BCUT2D eigenvalue weighted by Crippen LogP contribution is -2.40. The zero-order valence-corrected chi connectivity index (χ0v) is 14.6. The summed E-state index contributed by atoms with van der Waals surface area (Å²) in [6.45, 7) is 3.14. The van der Waals surface area contributed by atoms with Crippen LogP contribution in [0.2, 0.25) is 0 Å². The van der Waals surface area contributed by atoms with Crippen LogP contribution < -0.4 is 0 Å². The Kier molecular flexibility index (Phi) is 5.34. The number of likely N-dealkylation sites (tertiary alicyclic amines) is 1. The third kappa shape index (κ3) is 4.26. The van der Waals surface area contributed by atoms with E-state index in [1.165, 1.54) is 18.5 Å². The molecular formula is C19H22F3N3O. The second-order valence-corrected chi connectivity index (χ2v) is 6.87. The molecule has 1 N–H and O–H groups in total. The zero-order valence-electron chi connectivity index (χ0n) is 14.6. The molecular weight excluding hydrogens is 343 g/mol. The third-order valence-electron chi connectivity index (χ3n) is 4.93. The molecule has 1 aliphatic rings. The van der Waals surface area contributed by atoms with E-state index in [1.807, 2.05) is 11.8 Å².